The third kappa shape index (κ3) is 3.64. The number of rotatable bonds is 4. The molecular weight excluding hydrogens is 281 g/mol. The second-order valence-electron chi connectivity index (χ2n) is 5.00. The first kappa shape index (κ1) is 15.6. The summed E-state index contributed by atoms with van der Waals surface area (Å²) in [5, 5.41) is 3.08. The third-order valence-electron chi connectivity index (χ3n) is 3.24. The van der Waals surface area contributed by atoms with Crippen LogP contribution in [0.3, 0.4) is 0 Å². The molecule has 0 amide bonds. The highest BCUT2D eigenvalue weighted by atomic mass is 19.4. The Kier molecular flexibility index (Phi) is 4.37. The van der Waals surface area contributed by atoms with Crippen molar-refractivity contribution in [1.82, 2.24) is 10.3 Å². The Balaban J connectivity index is 2.19. The van der Waals surface area contributed by atoms with E-state index in [1.165, 1.54) is 12.1 Å². The number of nitrogens with zero attached hydrogens (tertiary/aromatic N) is 1. The summed E-state index contributed by atoms with van der Waals surface area (Å²) in [7, 11) is 0. The number of hydrogen-bond donors (Lipinski definition) is 1. The van der Waals surface area contributed by atoms with Gasteiger partial charge in [-0.05, 0) is 32.4 Å². The van der Waals surface area contributed by atoms with Crippen LogP contribution in [0, 0.1) is 6.92 Å². The Morgan fingerprint density at radius 3 is 2.38 bits per heavy atom. The van der Waals surface area contributed by atoms with E-state index in [4.69, 9.17) is 4.42 Å². The summed E-state index contributed by atoms with van der Waals surface area (Å²) in [5.41, 5.74) is -0.416. The summed E-state index contributed by atoms with van der Waals surface area (Å²) in [4.78, 5) is 4.08. The molecule has 114 valence electrons. The first-order chi connectivity index (χ1) is 9.79. The average Bonchev–Trinajstić information content (AvgIpc) is 2.84. The molecule has 0 aliphatic rings. The van der Waals surface area contributed by atoms with E-state index in [-0.39, 0.29) is 11.6 Å². The fourth-order valence-corrected chi connectivity index (χ4v) is 2.24. The average molecular weight is 298 g/mol. The zero-order chi connectivity index (χ0) is 15.6. The zero-order valence-electron chi connectivity index (χ0n) is 12.0. The highest BCUT2D eigenvalue weighted by molar-refractivity contribution is 5.32. The summed E-state index contributed by atoms with van der Waals surface area (Å²) < 4.78 is 44.4. The molecule has 0 aliphatic heterocycles. The number of hydrogen-bond acceptors (Lipinski definition) is 3. The van der Waals surface area contributed by atoms with Gasteiger partial charge in [-0.15, -0.1) is 0 Å². The summed E-state index contributed by atoms with van der Waals surface area (Å²) in [6, 6.07) is 4.80. The van der Waals surface area contributed by atoms with Gasteiger partial charge in [-0.2, -0.15) is 13.2 Å². The Morgan fingerprint density at radius 2 is 1.81 bits per heavy atom. The maximum Gasteiger partial charge on any atom is 0.416 e. The summed E-state index contributed by atoms with van der Waals surface area (Å²) in [6.07, 6.45) is -2.78. The van der Waals surface area contributed by atoms with Gasteiger partial charge < -0.3 is 4.42 Å². The maximum atomic E-state index is 13.0. The fraction of sp³-hybridized carbons (Fsp3) is 0.400. The topological polar surface area (TPSA) is 38.1 Å². The largest absolute Gasteiger partial charge is 0.444 e. The number of aromatic nitrogens is 1. The van der Waals surface area contributed by atoms with Gasteiger partial charge in [-0.3, -0.25) is 5.32 Å². The lowest BCUT2D eigenvalue weighted by Gasteiger charge is -2.22. The van der Waals surface area contributed by atoms with E-state index in [2.05, 4.69) is 10.3 Å². The Bertz CT molecular complexity index is 607. The van der Waals surface area contributed by atoms with Crippen molar-refractivity contribution in [2.45, 2.75) is 39.0 Å². The van der Waals surface area contributed by atoms with Gasteiger partial charge in [0.25, 0.3) is 0 Å². The van der Waals surface area contributed by atoms with E-state index in [0.29, 0.717) is 11.7 Å². The molecule has 2 aromatic rings. The smallest absolute Gasteiger partial charge is 0.416 e. The molecule has 1 aromatic heterocycles. The molecule has 2 atom stereocenters. The highest BCUT2D eigenvalue weighted by Crippen LogP contribution is 2.35. The highest BCUT2D eigenvalue weighted by Gasteiger charge is 2.34. The summed E-state index contributed by atoms with van der Waals surface area (Å²) >= 11 is 0. The number of halogens is 3. The van der Waals surface area contributed by atoms with Gasteiger partial charge in [0.05, 0.1) is 17.8 Å². The fourth-order valence-electron chi connectivity index (χ4n) is 2.24. The normalized spacial score (nSPS) is 15.0. The molecule has 21 heavy (non-hydrogen) atoms. The molecule has 0 aliphatic carbocycles. The lowest BCUT2D eigenvalue weighted by molar-refractivity contribution is -0.138. The second-order valence-corrected chi connectivity index (χ2v) is 5.00. The van der Waals surface area contributed by atoms with E-state index in [0.717, 1.165) is 6.07 Å². The first-order valence-electron chi connectivity index (χ1n) is 6.63. The molecule has 2 rings (SSSR count). The quantitative estimate of drug-likeness (QED) is 0.908. The van der Waals surface area contributed by atoms with Crippen molar-refractivity contribution in [3.8, 4) is 0 Å². The van der Waals surface area contributed by atoms with Crippen LogP contribution in [0.4, 0.5) is 13.2 Å². The second kappa shape index (κ2) is 5.89. The predicted molar refractivity (Wildman–Crippen MR) is 72.6 cm³/mol. The van der Waals surface area contributed by atoms with E-state index in [9.17, 15) is 13.2 Å². The van der Waals surface area contributed by atoms with Crippen LogP contribution < -0.4 is 5.32 Å². The predicted octanol–water partition coefficient (Wildman–Crippen LogP) is 4.41. The van der Waals surface area contributed by atoms with Crippen LogP contribution in [0.15, 0.2) is 34.9 Å². The number of nitrogens with one attached hydrogen (secondary N) is 1. The van der Waals surface area contributed by atoms with Crippen LogP contribution in [-0.4, -0.2) is 4.98 Å². The van der Waals surface area contributed by atoms with Crippen LogP contribution in [-0.2, 0) is 6.18 Å². The Hall–Kier alpha value is -1.82. The van der Waals surface area contributed by atoms with Crippen molar-refractivity contribution >= 4 is 0 Å². The molecular formula is C15H17F3N2O. The van der Waals surface area contributed by atoms with Crippen molar-refractivity contribution in [3.05, 3.63) is 53.2 Å². The van der Waals surface area contributed by atoms with Crippen molar-refractivity contribution in [2.75, 3.05) is 0 Å². The van der Waals surface area contributed by atoms with E-state index in [1.54, 1.807) is 33.0 Å². The van der Waals surface area contributed by atoms with Gasteiger partial charge in [-0.25, -0.2) is 4.98 Å². The van der Waals surface area contributed by atoms with Crippen LogP contribution in [0.1, 0.15) is 48.7 Å². The molecule has 0 spiro atoms. The van der Waals surface area contributed by atoms with Gasteiger partial charge in [-0.1, -0.05) is 18.2 Å². The third-order valence-corrected chi connectivity index (χ3v) is 3.24. The number of oxazole rings is 1. The summed E-state index contributed by atoms with van der Waals surface area (Å²) in [6.45, 7) is 5.26. The molecule has 0 saturated carbocycles. The van der Waals surface area contributed by atoms with Gasteiger partial charge >= 0.3 is 6.18 Å². The minimum absolute atomic E-state index is 0.208. The van der Waals surface area contributed by atoms with Gasteiger partial charge in [0.1, 0.15) is 5.76 Å². The molecule has 2 unspecified atom stereocenters. The van der Waals surface area contributed by atoms with E-state index < -0.39 is 17.8 Å². The first-order valence-corrected chi connectivity index (χ1v) is 6.63. The number of aryl methyl sites for hydroxylation is 1. The van der Waals surface area contributed by atoms with Crippen LogP contribution >= 0.6 is 0 Å². The molecule has 1 aromatic carbocycles. The lowest BCUT2D eigenvalue weighted by atomic mass is 10.0. The van der Waals surface area contributed by atoms with Crippen molar-refractivity contribution < 1.29 is 17.6 Å². The lowest BCUT2D eigenvalue weighted by Crippen LogP contribution is -2.25. The Labute approximate surface area is 121 Å². The molecule has 6 heteroatoms. The van der Waals surface area contributed by atoms with Gasteiger partial charge in [0.15, 0.2) is 0 Å². The van der Waals surface area contributed by atoms with Gasteiger partial charge in [0, 0.05) is 6.04 Å². The van der Waals surface area contributed by atoms with Crippen molar-refractivity contribution in [2.24, 2.45) is 0 Å². The maximum absolute atomic E-state index is 13.0. The zero-order valence-corrected chi connectivity index (χ0v) is 12.0. The molecule has 0 bridgehead atoms. The van der Waals surface area contributed by atoms with Crippen LogP contribution in [0.5, 0.6) is 0 Å². The van der Waals surface area contributed by atoms with E-state index in [1.807, 2.05) is 0 Å². The molecule has 0 saturated heterocycles. The summed E-state index contributed by atoms with van der Waals surface area (Å²) in [5.74, 6) is 1.13. The molecule has 3 nitrogen and oxygen atoms in total. The standard InChI is InChI=1S/C15H17F3N2O/c1-9-8-19-14(21-9)11(3)20-10(2)12-6-4-5-7-13(12)15(16,17)18/h4-8,10-11,20H,1-3H3. The van der Waals surface area contributed by atoms with E-state index >= 15 is 0 Å². The van der Waals surface area contributed by atoms with Crippen molar-refractivity contribution in [3.63, 3.8) is 0 Å². The molecule has 1 heterocycles. The monoisotopic (exact) mass is 298 g/mol. The van der Waals surface area contributed by atoms with Crippen molar-refractivity contribution in [1.29, 1.82) is 0 Å². The van der Waals surface area contributed by atoms with Gasteiger partial charge in [0.2, 0.25) is 5.89 Å². The molecule has 1 N–H and O–H groups in total. The van der Waals surface area contributed by atoms with Crippen LogP contribution in [0.2, 0.25) is 0 Å². The SMILES string of the molecule is Cc1cnc(C(C)NC(C)c2ccccc2C(F)(F)F)o1. The molecule has 0 fully saturated rings. The number of benzene rings is 1. The Morgan fingerprint density at radius 1 is 1.14 bits per heavy atom. The minimum Gasteiger partial charge on any atom is -0.444 e. The molecule has 0 radical (unpaired) electrons. The number of alkyl halides is 3. The minimum atomic E-state index is -4.37. The van der Waals surface area contributed by atoms with Crippen LogP contribution in [0.25, 0.3) is 0 Å².